The zero-order valence-electron chi connectivity index (χ0n) is 17.3. The molecule has 0 aromatic carbocycles. The highest BCUT2D eigenvalue weighted by Crippen LogP contribution is 2.37. The van der Waals surface area contributed by atoms with Crippen molar-refractivity contribution in [3.8, 4) is 17.2 Å². The van der Waals surface area contributed by atoms with E-state index in [0.717, 1.165) is 42.2 Å². The van der Waals surface area contributed by atoms with Crippen LogP contribution >= 0.6 is 0 Å². The van der Waals surface area contributed by atoms with Gasteiger partial charge in [-0.05, 0) is 31.2 Å². The number of unbranched alkanes of at least 4 members (excludes halogenated alkanes) is 1. The number of ether oxygens (including phenoxy) is 1. The van der Waals surface area contributed by atoms with Gasteiger partial charge in [0.25, 0.3) is 0 Å². The van der Waals surface area contributed by atoms with E-state index in [1.54, 1.807) is 12.4 Å². The molecule has 0 aliphatic heterocycles. The second-order valence-electron chi connectivity index (χ2n) is 7.96. The molecule has 1 atom stereocenters. The Hall–Kier alpha value is -3.14. The van der Waals surface area contributed by atoms with Crippen LogP contribution in [0.25, 0.3) is 22.2 Å². The molecule has 1 N–H and O–H groups in total. The highest BCUT2D eigenvalue weighted by Gasteiger charge is 2.28. The molecule has 1 unspecified atom stereocenters. The molecule has 1 aliphatic rings. The Morgan fingerprint density at radius 2 is 2.23 bits per heavy atom. The smallest absolute Gasteiger partial charge is 0.340 e. The number of hydrogen-bond acceptors (Lipinski definition) is 5. The van der Waals surface area contributed by atoms with E-state index in [9.17, 15) is 10.1 Å². The molecule has 0 spiro atoms. The van der Waals surface area contributed by atoms with Crippen molar-refractivity contribution in [1.82, 2.24) is 19.7 Å². The number of nitrogens with zero attached hydrogens (tertiary/aromatic N) is 4. The van der Waals surface area contributed by atoms with Gasteiger partial charge in [-0.15, -0.1) is 0 Å². The summed E-state index contributed by atoms with van der Waals surface area (Å²) in [7, 11) is 0. The fourth-order valence-corrected chi connectivity index (χ4v) is 4.42. The number of aromatic nitrogens is 4. The minimum atomic E-state index is -0.369. The second-order valence-corrected chi connectivity index (χ2v) is 7.96. The number of H-pyrrole nitrogens is 1. The highest BCUT2D eigenvalue weighted by atomic mass is 16.5. The third-order valence-corrected chi connectivity index (χ3v) is 6.01. The molecule has 3 heterocycles. The maximum atomic E-state index is 12.8. The lowest BCUT2D eigenvalue weighted by Crippen LogP contribution is -2.17. The maximum Gasteiger partial charge on any atom is 0.340 e. The zero-order chi connectivity index (χ0) is 20.9. The molecule has 1 saturated carbocycles. The normalized spacial score (nSPS) is 15.3. The molecule has 0 radical (unpaired) electrons. The van der Waals surface area contributed by atoms with Gasteiger partial charge in [0.15, 0.2) is 0 Å². The molecule has 0 bridgehead atoms. The quantitative estimate of drug-likeness (QED) is 0.419. The van der Waals surface area contributed by atoms with E-state index in [1.165, 1.54) is 12.8 Å². The van der Waals surface area contributed by atoms with Gasteiger partial charge in [0.05, 0.1) is 36.9 Å². The van der Waals surface area contributed by atoms with Crippen LogP contribution in [0.15, 0.2) is 30.9 Å². The predicted octanol–water partition coefficient (Wildman–Crippen LogP) is 5.03. The number of hydrogen-bond donors (Lipinski definition) is 1. The maximum absolute atomic E-state index is 12.8. The van der Waals surface area contributed by atoms with E-state index < -0.39 is 0 Å². The van der Waals surface area contributed by atoms with Crippen LogP contribution in [0.3, 0.4) is 0 Å². The number of aromatic amines is 1. The van der Waals surface area contributed by atoms with E-state index in [2.05, 4.69) is 28.1 Å². The average Bonchev–Trinajstić information content (AvgIpc) is 3.53. The average molecular weight is 406 g/mol. The first-order valence-corrected chi connectivity index (χ1v) is 10.8. The lowest BCUT2D eigenvalue weighted by Gasteiger charge is -2.21. The summed E-state index contributed by atoms with van der Waals surface area (Å²) < 4.78 is 7.39. The largest absolute Gasteiger partial charge is 0.462 e. The van der Waals surface area contributed by atoms with Gasteiger partial charge < -0.3 is 9.72 Å². The number of rotatable bonds is 8. The summed E-state index contributed by atoms with van der Waals surface area (Å²) in [6.45, 7) is 2.45. The van der Waals surface area contributed by atoms with Crippen LogP contribution in [0.4, 0.5) is 0 Å². The Morgan fingerprint density at radius 1 is 1.40 bits per heavy atom. The summed E-state index contributed by atoms with van der Waals surface area (Å²) in [6.07, 6.45) is 14.0. The lowest BCUT2D eigenvalue weighted by atomic mass is 9.96. The molecule has 1 aliphatic carbocycles. The molecule has 0 amide bonds. The summed E-state index contributed by atoms with van der Waals surface area (Å²) in [5.41, 5.74) is 2.77. The van der Waals surface area contributed by atoms with Crippen molar-refractivity contribution in [2.24, 2.45) is 5.92 Å². The molecule has 7 heteroatoms. The highest BCUT2D eigenvalue weighted by molar-refractivity contribution is 6.06. The van der Waals surface area contributed by atoms with Gasteiger partial charge in [0.1, 0.15) is 5.65 Å². The van der Waals surface area contributed by atoms with Crippen LogP contribution in [-0.4, -0.2) is 32.3 Å². The minimum Gasteiger partial charge on any atom is -0.462 e. The van der Waals surface area contributed by atoms with Crippen molar-refractivity contribution in [2.75, 3.05) is 6.61 Å². The summed E-state index contributed by atoms with van der Waals surface area (Å²) in [6, 6.07) is 4.31. The monoisotopic (exact) mass is 405 g/mol. The van der Waals surface area contributed by atoms with Gasteiger partial charge in [0.2, 0.25) is 0 Å². The Morgan fingerprint density at radius 3 is 3.00 bits per heavy atom. The van der Waals surface area contributed by atoms with E-state index in [-0.39, 0.29) is 12.0 Å². The number of carbonyl (C=O) groups is 1. The molecular weight excluding hydrogens is 378 g/mol. The molecule has 7 nitrogen and oxygen atoms in total. The van der Waals surface area contributed by atoms with Gasteiger partial charge in [0, 0.05) is 35.1 Å². The zero-order valence-corrected chi connectivity index (χ0v) is 17.3. The van der Waals surface area contributed by atoms with Gasteiger partial charge in [-0.2, -0.15) is 10.4 Å². The van der Waals surface area contributed by atoms with E-state index in [0.29, 0.717) is 30.2 Å². The van der Waals surface area contributed by atoms with Crippen LogP contribution in [0, 0.1) is 17.2 Å². The van der Waals surface area contributed by atoms with Gasteiger partial charge in [-0.3, -0.25) is 4.68 Å². The Balaban J connectivity index is 1.72. The Bertz CT molecular complexity index is 1060. The van der Waals surface area contributed by atoms with Crippen LogP contribution in [0.1, 0.15) is 68.3 Å². The molecule has 3 aromatic heterocycles. The SMILES string of the molecule is CCCCOC(=O)c1cnc2[nH]ccc2c1-c1cnn(C(CC#N)C2CCCC2)c1. The number of fused-ring (bicyclic) bond motifs is 1. The number of esters is 1. The molecule has 156 valence electrons. The predicted molar refractivity (Wildman–Crippen MR) is 114 cm³/mol. The molecule has 30 heavy (non-hydrogen) atoms. The first-order chi connectivity index (χ1) is 14.7. The van der Waals surface area contributed by atoms with E-state index in [1.807, 2.05) is 23.1 Å². The number of nitriles is 1. The van der Waals surface area contributed by atoms with Crippen LogP contribution in [0.5, 0.6) is 0 Å². The number of carbonyl (C=O) groups excluding carboxylic acids is 1. The van der Waals surface area contributed by atoms with Crippen molar-refractivity contribution in [3.05, 3.63) is 36.4 Å². The molecule has 4 rings (SSSR count). The number of nitrogens with one attached hydrogen (secondary N) is 1. The van der Waals surface area contributed by atoms with Gasteiger partial charge in [-0.25, -0.2) is 9.78 Å². The number of pyridine rings is 1. The van der Waals surface area contributed by atoms with E-state index in [4.69, 9.17) is 4.74 Å². The van der Waals surface area contributed by atoms with Crippen LogP contribution in [0.2, 0.25) is 0 Å². The van der Waals surface area contributed by atoms with Crippen LogP contribution in [-0.2, 0) is 4.74 Å². The summed E-state index contributed by atoms with van der Waals surface area (Å²) in [5.74, 6) is 0.103. The summed E-state index contributed by atoms with van der Waals surface area (Å²) >= 11 is 0. The Kier molecular flexibility index (Phi) is 6.12. The first kappa shape index (κ1) is 20.1. The Labute approximate surface area is 176 Å². The summed E-state index contributed by atoms with van der Waals surface area (Å²) in [4.78, 5) is 20.3. The topological polar surface area (TPSA) is 96.6 Å². The first-order valence-electron chi connectivity index (χ1n) is 10.8. The van der Waals surface area contributed by atoms with Crippen molar-refractivity contribution < 1.29 is 9.53 Å². The molecular formula is C23H27N5O2. The van der Waals surface area contributed by atoms with Gasteiger partial charge in [-0.1, -0.05) is 26.2 Å². The third kappa shape index (κ3) is 3.95. The standard InChI is InChI=1S/C23H27N5O2/c1-2-3-12-30-23(29)19-14-26-22-18(9-11-25-22)21(19)17-13-27-28(15-17)20(8-10-24)16-6-4-5-7-16/h9,11,13-16,20H,2-8,12H2,1H3,(H,25,26). The second kappa shape index (κ2) is 9.12. The lowest BCUT2D eigenvalue weighted by molar-refractivity contribution is 0.0500. The van der Waals surface area contributed by atoms with Gasteiger partial charge >= 0.3 is 5.97 Å². The van der Waals surface area contributed by atoms with Crippen molar-refractivity contribution in [2.45, 2.75) is 57.9 Å². The third-order valence-electron chi connectivity index (χ3n) is 6.01. The van der Waals surface area contributed by atoms with Crippen molar-refractivity contribution in [1.29, 1.82) is 5.26 Å². The van der Waals surface area contributed by atoms with Crippen molar-refractivity contribution in [3.63, 3.8) is 0 Å². The van der Waals surface area contributed by atoms with E-state index >= 15 is 0 Å². The van der Waals surface area contributed by atoms with Crippen LogP contribution < -0.4 is 0 Å². The molecule has 3 aromatic rings. The minimum absolute atomic E-state index is 0.0646. The fraction of sp³-hybridized carbons (Fsp3) is 0.478. The molecule has 0 saturated heterocycles. The fourth-order valence-electron chi connectivity index (χ4n) is 4.42. The molecule has 1 fully saturated rings. The summed E-state index contributed by atoms with van der Waals surface area (Å²) in [5, 5.41) is 14.8. The van der Waals surface area contributed by atoms with Crippen molar-refractivity contribution >= 4 is 17.0 Å².